The molecule has 7 nitrogen and oxygen atoms in total. The Kier molecular flexibility index (Phi) is 5.53. The van der Waals surface area contributed by atoms with E-state index in [1.54, 1.807) is 23.2 Å². The third-order valence-corrected chi connectivity index (χ3v) is 4.97. The zero-order valence-electron chi connectivity index (χ0n) is 16.2. The van der Waals surface area contributed by atoms with Crippen LogP contribution in [0.1, 0.15) is 5.82 Å². The van der Waals surface area contributed by atoms with Crippen molar-refractivity contribution in [2.24, 2.45) is 0 Å². The van der Waals surface area contributed by atoms with Gasteiger partial charge < -0.3 is 20.1 Å². The van der Waals surface area contributed by atoms with Gasteiger partial charge in [0, 0.05) is 37.9 Å². The molecule has 150 valence electrons. The second-order valence-electron chi connectivity index (χ2n) is 7.08. The maximum atomic E-state index is 13.8. The fraction of sp³-hybridized carbons (Fsp3) is 0.286. The Morgan fingerprint density at radius 3 is 2.72 bits per heavy atom. The van der Waals surface area contributed by atoms with Gasteiger partial charge >= 0.3 is 6.03 Å². The van der Waals surface area contributed by atoms with Crippen LogP contribution in [0.15, 0.2) is 48.7 Å². The van der Waals surface area contributed by atoms with E-state index in [1.807, 2.05) is 25.2 Å². The number of imidazole rings is 1. The predicted octanol–water partition coefficient (Wildman–Crippen LogP) is 2.73. The number of halogens is 1. The summed E-state index contributed by atoms with van der Waals surface area (Å²) < 4.78 is 13.8. The summed E-state index contributed by atoms with van der Waals surface area (Å²) >= 11 is 0. The van der Waals surface area contributed by atoms with Crippen molar-refractivity contribution in [1.82, 2.24) is 30.1 Å². The van der Waals surface area contributed by atoms with Gasteiger partial charge in [-0.15, -0.1) is 0 Å². The first kappa shape index (κ1) is 19.1. The Bertz CT molecular complexity index is 982. The van der Waals surface area contributed by atoms with Gasteiger partial charge in [-0.1, -0.05) is 18.2 Å². The highest BCUT2D eigenvalue weighted by atomic mass is 19.1. The first-order valence-corrected chi connectivity index (χ1v) is 9.58. The number of carbonyl (C=O) groups excluding carboxylic acids is 1. The van der Waals surface area contributed by atoms with Crippen molar-refractivity contribution < 1.29 is 9.18 Å². The van der Waals surface area contributed by atoms with E-state index in [4.69, 9.17) is 0 Å². The largest absolute Gasteiger partial charge is 0.339 e. The zero-order chi connectivity index (χ0) is 20.2. The summed E-state index contributed by atoms with van der Waals surface area (Å²) in [5, 5.41) is 2.92. The van der Waals surface area contributed by atoms with E-state index in [0.29, 0.717) is 41.6 Å². The van der Waals surface area contributed by atoms with Crippen molar-refractivity contribution in [3.05, 3.63) is 60.3 Å². The number of urea groups is 1. The van der Waals surface area contributed by atoms with Crippen molar-refractivity contribution in [1.29, 1.82) is 0 Å². The van der Waals surface area contributed by atoms with Gasteiger partial charge in [0.15, 0.2) is 0 Å². The van der Waals surface area contributed by atoms with Crippen molar-refractivity contribution in [3.63, 3.8) is 0 Å². The molecule has 8 heteroatoms. The number of pyridine rings is 1. The molecule has 0 atom stereocenters. The van der Waals surface area contributed by atoms with E-state index < -0.39 is 0 Å². The lowest BCUT2D eigenvalue weighted by molar-refractivity contribution is 0.154. The van der Waals surface area contributed by atoms with Crippen LogP contribution in [0.25, 0.3) is 22.6 Å². The smallest absolute Gasteiger partial charge is 0.317 e. The quantitative estimate of drug-likeness (QED) is 0.713. The fourth-order valence-corrected chi connectivity index (χ4v) is 3.33. The van der Waals surface area contributed by atoms with Gasteiger partial charge in [0.05, 0.1) is 23.6 Å². The van der Waals surface area contributed by atoms with Crippen LogP contribution in [0.5, 0.6) is 0 Å². The van der Waals surface area contributed by atoms with Crippen molar-refractivity contribution in [2.45, 2.75) is 6.54 Å². The third-order valence-electron chi connectivity index (χ3n) is 4.97. The van der Waals surface area contributed by atoms with Crippen LogP contribution < -0.4 is 5.32 Å². The number of hydrogen-bond donors (Lipinski definition) is 2. The van der Waals surface area contributed by atoms with E-state index in [-0.39, 0.29) is 18.4 Å². The molecule has 2 amide bonds. The van der Waals surface area contributed by atoms with Crippen molar-refractivity contribution in [3.8, 4) is 22.6 Å². The summed E-state index contributed by atoms with van der Waals surface area (Å²) in [5.74, 6) is 0.259. The summed E-state index contributed by atoms with van der Waals surface area (Å²) in [4.78, 5) is 28.7. The summed E-state index contributed by atoms with van der Waals surface area (Å²) in [6.07, 6.45) is 1.69. The Morgan fingerprint density at radius 2 is 2.00 bits per heavy atom. The molecular formula is C21H23FN6O. The van der Waals surface area contributed by atoms with Crippen LogP contribution in [0.4, 0.5) is 9.18 Å². The number of aromatic amines is 1. The number of hydrogen-bond acceptors (Lipinski definition) is 4. The molecule has 1 aliphatic heterocycles. The minimum absolute atomic E-state index is 0.110. The molecule has 3 aromatic rings. The van der Waals surface area contributed by atoms with Gasteiger partial charge in [-0.2, -0.15) is 0 Å². The molecule has 4 rings (SSSR count). The van der Waals surface area contributed by atoms with Gasteiger partial charge in [0.1, 0.15) is 11.6 Å². The van der Waals surface area contributed by atoms with Crippen LogP contribution >= 0.6 is 0 Å². The van der Waals surface area contributed by atoms with E-state index in [0.717, 1.165) is 13.1 Å². The predicted molar refractivity (Wildman–Crippen MR) is 109 cm³/mol. The number of benzene rings is 1. The van der Waals surface area contributed by atoms with Gasteiger partial charge in [-0.3, -0.25) is 4.98 Å². The lowest BCUT2D eigenvalue weighted by Crippen LogP contribution is -2.50. The number of carbonyl (C=O) groups is 1. The van der Waals surface area contributed by atoms with E-state index >= 15 is 0 Å². The van der Waals surface area contributed by atoms with Gasteiger partial charge in [0.25, 0.3) is 0 Å². The highest BCUT2D eigenvalue weighted by Crippen LogP contribution is 2.29. The number of nitrogens with one attached hydrogen (secondary N) is 2. The Morgan fingerprint density at radius 1 is 1.17 bits per heavy atom. The van der Waals surface area contributed by atoms with E-state index in [2.05, 4.69) is 25.2 Å². The molecule has 29 heavy (non-hydrogen) atoms. The zero-order valence-corrected chi connectivity index (χ0v) is 16.2. The second-order valence-corrected chi connectivity index (χ2v) is 7.08. The normalized spacial score (nSPS) is 14.8. The van der Waals surface area contributed by atoms with Gasteiger partial charge in [0.2, 0.25) is 0 Å². The van der Waals surface area contributed by atoms with E-state index in [9.17, 15) is 9.18 Å². The molecule has 1 fully saturated rings. The van der Waals surface area contributed by atoms with Crippen molar-refractivity contribution >= 4 is 6.03 Å². The molecule has 3 heterocycles. The van der Waals surface area contributed by atoms with Crippen molar-refractivity contribution in [2.75, 3.05) is 33.2 Å². The monoisotopic (exact) mass is 394 g/mol. The molecule has 1 aromatic carbocycles. The average Bonchev–Trinajstić information content (AvgIpc) is 3.18. The number of aromatic nitrogens is 3. The van der Waals surface area contributed by atoms with Crippen LogP contribution in [-0.2, 0) is 6.54 Å². The topological polar surface area (TPSA) is 77.2 Å². The third kappa shape index (κ3) is 4.43. The number of amides is 2. The summed E-state index contributed by atoms with van der Waals surface area (Å²) in [6.45, 7) is 3.38. The fourth-order valence-electron chi connectivity index (χ4n) is 3.33. The van der Waals surface area contributed by atoms with Gasteiger partial charge in [-0.25, -0.2) is 14.2 Å². The van der Waals surface area contributed by atoms with Crippen LogP contribution in [-0.4, -0.2) is 64.0 Å². The molecule has 1 saturated heterocycles. The van der Waals surface area contributed by atoms with Crippen LogP contribution in [0, 0.1) is 5.82 Å². The first-order chi connectivity index (χ1) is 14.1. The molecule has 0 saturated carbocycles. The first-order valence-electron chi connectivity index (χ1n) is 9.58. The minimum Gasteiger partial charge on any atom is -0.339 e. The van der Waals surface area contributed by atoms with Gasteiger partial charge in [-0.05, 0) is 31.3 Å². The summed E-state index contributed by atoms with van der Waals surface area (Å²) in [6, 6.07) is 11.8. The Labute approximate surface area is 168 Å². The molecule has 0 unspecified atom stereocenters. The molecule has 0 radical (unpaired) electrons. The number of piperazine rings is 1. The number of rotatable bonds is 4. The average molecular weight is 394 g/mol. The number of H-pyrrole nitrogens is 1. The molecule has 0 bridgehead atoms. The highest BCUT2D eigenvalue weighted by molar-refractivity contribution is 5.77. The molecule has 2 N–H and O–H groups in total. The lowest BCUT2D eigenvalue weighted by Gasteiger charge is -2.32. The van der Waals surface area contributed by atoms with E-state index in [1.165, 1.54) is 12.1 Å². The molecular weight excluding hydrogens is 371 g/mol. The Balaban J connectivity index is 1.56. The maximum absolute atomic E-state index is 13.8. The molecule has 2 aromatic heterocycles. The SMILES string of the molecule is CN1CCN(C(=O)NCc2nc(-c3cccc(F)c3)c(-c3ccccn3)[nH]2)CC1. The number of nitrogens with zero attached hydrogens (tertiary/aromatic N) is 4. The molecule has 0 aliphatic carbocycles. The summed E-state index contributed by atoms with van der Waals surface area (Å²) in [7, 11) is 2.05. The number of likely N-dealkylation sites (N-methyl/N-ethyl adjacent to an activating group) is 1. The van der Waals surface area contributed by atoms with Crippen LogP contribution in [0.3, 0.4) is 0 Å². The minimum atomic E-state index is -0.331. The second kappa shape index (κ2) is 8.40. The highest BCUT2D eigenvalue weighted by Gasteiger charge is 2.20. The molecule has 1 aliphatic rings. The molecule has 0 spiro atoms. The maximum Gasteiger partial charge on any atom is 0.317 e. The van der Waals surface area contributed by atoms with Crippen LogP contribution in [0.2, 0.25) is 0 Å². The lowest BCUT2D eigenvalue weighted by atomic mass is 10.1. The standard InChI is InChI=1S/C21H23FN6O/c1-27-9-11-28(12-10-27)21(29)24-14-18-25-19(15-5-4-6-16(22)13-15)20(26-18)17-7-2-3-8-23-17/h2-8,13H,9-12,14H2,1H3,(H,24,29)(H,25,26). The Hall–Kier alpha value is -3.26. The summed E-state index contributed by atoms with van der Waals surface area (Å²) in [5.41, 5.74) is 2.65.